The zero-order valence-electron chi connectivity index (χ0n) is 13.7. The predicted molar refractivity (Wildman–Crippen MR) is 103 cm³/mol. The number of allylic oxidation sites excluding steroid dienone is 3. The van der Waals surface area contributed by atoms with Gasteiger partial charge in [-0.2, -0.15) is 0 Å². The van der Waals surface area contributed by atoms with Crippen molar-refractivity contribution in [1.29, 1.82) is 5.41 Å². The maximum absolute atomic E-state index is 7.30. The minimum atomic E-state index is 0.699. The highest BCUT2D eigenvalue weighted by molar-refractivity contribution is 6.07. The smallest absolute Gasteiger partial charge is 0.0390 e. The van der Waals surface area contributed by atoms with Crippen molar-refractivity contribution in [3.8, 4) is 0 Å². The molecule has 0 bridgehead atoms. The first-order chi connectivity index (χ1) is 11.0. The minimum absolute atomic E-state index is 0.699. The Balaban J connectivity index is 2.24. The molecule has 0 heterocycles. The van der Waals surface area contributed by atoms with Crippen LogP contribution in [0.1, 0.15) is 23.6 Å². The van der Waals surface area contributed by atoms with Crippen LogP contribution in [0.3, 0.4) is 0 Å². The Bertz CT molecular complexity index is 782. The molecule has 0 amide bonds. The van der Waals surface area contributed by atoms with Crippen LogP contribution < -0.4 is 5.32 Å². The quantitative estimate of drug-likeness (QED) is 0.499. The van der Waals surface area contributed by atoms with Crippen molar-refractivity contribution in [1.82, 2.24) is 0 Å². The molecule has 2 aromatic rings. The number of anilines is 2. The zero-order chi connectivity index (χ0) is 16.8. The lowest BCUT2D eigenvalue weighted by Crippen LogP contribution is -1.93. The lowest BCUT2D eigenvalue weighted by atomic mass is 10.0. The van der Waals surface area contributed by atoms with Gasteiger partial charge in [-0.15, -0.1) is 0 Å². The predicted octanol–water partition coefficient (Wildman–Crippen LogP) is 5.99. The molecule has 0 aliphatic rings. The van der Waals surface area contributed by atoms with Crippen LogP contribution in [0.4, 0.5) is 11.4 Å². The molecule has 0 aliphatic heterocycles. The van der Waals surface area contributed by atoms with E-state index < -0.39 is 0 Å². The van der Waals surface area contributed by atoms with Crippen LogP contribution in [-0.4, -0.2) is 6.21 Å². The Morgan fingerprint density at radius 1 is 1.13 bits per heavy atom. The van der Waals surface area contributed by atoms with Gasteiger partial charge < -0.3 is 10.7 Å². The summed E-state index contributed by atoms with van der Waals surface area (Å²) in [5, 5.41) is 10.7. The van der Waals surface area contributed by atoms with Gasteiger partial charge in [0.25, 0.3) is 0 Å². The number of nitrogens with one attached hydrogen (secondary N) is 2. The molecule has 0 fully saturated rings. The summed E-state index contributed by atoms with van der Waals surface area (Å²) in [4.78, 5) is 0. The number of benzene rings is 2. The van der Waals surface area contributed by atoms with Gasteiger partial charge in [0, 0.05) is 17.6 Å². The fraction of sp³-hybridized carbons (Fsp3) is 0.0952. The van der Waals surface area contributed by atoms with Crippen LogP contribution in [0.2, 0.25) is 0 Å². The van der Waals surface area contributed by atoms with E-state index >= 15 is 0 Å². The summed E-state index contributed by atoms with van der Waals surface area (Å²) in [6, 6.07) is 14.2. The van der Waals surface area contributed by atoms with E-state index in [0.717, 1.165) is 22.5 Å². The third-order valence-corrected chi connectivity index (χ3v) is 3.67. The Labute approximate surface area is 138 Å². The Kier molecular flexibility index (Phi) is 5.32. The second-order valence-corrected chi connectivity index (χ2v) is 5.54. The largest absolute Gasteiger partial charge is 0.356 e. The highest BCUT2D eigenvalue weighted by Gasteiger charge is 2.01. The average Bonchev–Trinajstić information content (AvgIpc) is 2.56. The van der Waals surface area contributed by atoms with Crippen molar-refractivity contribution >= 4 is 29.2 Å². The van der Waals surface area contributed by atoms with E-state index in [1.165, 1.54) is 17.3 Å². The molecule has 116 valence electrons. The van der Waals surface area contributed by atoms with Gasteiger partial charge in [0.1, 0.15) is 0 Å². The molecular weight excluding hydrogens is 280 g/mol. The first-order valence-corrected chi connectivity index (χ1v) is 7.51. The topological polar surface area (TPSA) is 35.9 Å². The second-order valence-electron chi connectivity index (χ2n) is 5.54. The number of aryl methyl sites for hydroxylation is 1. The zero-order valence-corrected chi connectivity index (χ0v) is 13.7. The highest BCUT2D eigenvalue weighted by Crippen LogP contribution is 2.23. The number of rotatable bonds is 6. The lowest BCUT2D eigenvalue weighted by Gasteiger charge is -2.11. The van der Waals surface area contributed by atoms with Crippen molar-refractivity contribution in [3.63, 3.8) is 0 Å². The van der Waals surface area contributed by atoms with E-state index in [1.54, 1.807) is 0 Å². The van der Waals surface area contributed by atoms with Crippen LogP contribution in [0.5, 0.6) is 0 Å². The molecule has 2 aromatic carbocycles. The van der Waals surface area contributed by atoms with Gasteiger partial charge in [-0.25, -0.2) is 0 Å². The van der Waals surface area contributed by atoms with Gasteiger partial charge in [0.15, 0.2) is 0 Å². The van der Waals surface area contributed by atoms with Crippen molar-refractivity contribution < 1.29 is 0 Å². The lowest BCUT2D eigenvalue weighted by molar-refractivity contribution is 1.41. The Morgan fingerprint density at radius 2 is 1.87 bits per heavy atom. The third-order valence-electron chi connectivity index (χ3n) is 3.67. The van der Waals surface area contributed by atoms with Crippen LogP contribution in [0.15, 0.2) is 67.3 Å². The standard InChI is InChI=1S/C21H22N2/c1-5-15(2)11-19-9-10-21(12-16(19)3)23-20-8-6-7-18(13-20)17(4)14-22/h5-14,22-23H,1,4H2,2-3H3/b15-11+,22-14?. The first-order valence-electron chi connectivity index (χ1n) is 7.51. The third kappa shape index (κ3) is 4.30. The summed E-state index contributed by atoms with van der Waals surface area (Å²) in [5.74, 6) is 0. The van der Waals surface area contributed by atoms with Crippen molar-refractivity contribution in [3.05, 3.63) is 84.0 Å². The van der Waals surface area contributed by atoms with Crippen LogP contribution in [0.25, 0.3) is 11.6 Å². The molecule has 0 saturated carbocycles. The molecule has 2 heteroatoms. The van der Waals surface area contributed by atoms with Gasteiger partial charge in [-0.1, -0.05) is 49.1 Å². The second kappa shape index (κ2) is 7.41. The van der Waals surface area contributed by atoms with E-state index in [0.29, 0.717) is 5.57 Å². The summed E-state index contributed by atoms with van der Waals surface area (Å²) < 4.78 is 0. The molecule has 0 atom stereocenters. The number of hydrogen-bond acceptors (Lipinski definition) is 2. The van der Waals surface area contributed by atoms with Crippen molar-refractivity contribution in [2.75, 3.05) is 5.32 Å². The van der Waals surface area contributed by atoms with Crippen LogP contribution in [0, 0.1) is 12.3 Å². The molecule has 0 aliphatic carbocycles. The molecule has 0 radical (unpaired) electrons. The van der Waals surface area contributed by atoms with E-state index in [-0.39, 0.29) is 0 Å². The van der Waals surface area contributed by atoms with E-state index in [1.807, 2.05) is 37.3 Å². The van der Waals surface area contributed by atoms with Gasteiger partial charge in [0.05, 0.1) is 0 Å². The number of hydrogen-bond donors (Lipinski definition) is 2. The Morgan fingerprint density at radius 3 is 2.52 bits per heavy atom. The summed E-state index contributed by atoms with van der Waals surface area (Å²) in [7, 11) is 0. The van der Waals surface area contributed by atoms with Gasteiger partial charge in [0.2, 0.25) is 0 Å². The summed E-state index contributed by atoms with van der Waals surface area (Å²) >= 11 is 0. The molecule has 0 spiro atoms. The molecule has 2 N–H and O–H groups in total. The molecule has 0 unspecified atom stereocenters. The Hall–Kier alpha value is -2.87. The minimum Gasteiger partial charge on any atom is -0.356 e. The molecule has 2 nitrogen and oxygen atoms in total. The maximum Gasteiger partial charge on any atom is 0.0390 e. The average molecular weight is 302 g/mol. The van der Waals surface area contributed by atoms with Gasteiger partial charge in [-0.05, 0) is 60.4 Å². The normalized spacial score (nSPS) is 11.0. The van der Waals surface area contributed by atoms with E-state index in [4.69, 9.17) is 5.41 Å². The molecule has 0 saturated heterocycles. The van der Waals surface area contributed by atoms with Crippen molar-refractivity contribution in [2.45, 2.75) is 13.8 Å². The van der Waals surface area contributed by atoms with Crippen LogP contribution >= 0.6 is 0 Å². The SMILES string of the molecule is C=C/C(C)=C/c1ccc(Nc2cccc(C(=C)C=N)c2)cc1C. The fourth-order valence-electron chi connectivity index (χ4n) is 2.27. The summed E-state index contributed by atoms with van der Waals surface area (Å²) in [6.45, 7) is 11.8. The molecular formula is C21H22N2. The fourth-order valence-corrected chi connectivity index (χ4v) is 2.27. The van der Waals surface area contributed by atoms with E-state index in [9.17, 15) is 0 Å². The van der Waals surface area contributed by atoms with Crippen LogP contribution in [-0.2, 0) is 0 Å². The monoisotopic (exact) mass is 302 g/mol. The first kappa shape index (κ1) is 16.5. The van der Waals surface area contributed by atoms with Gasteiger partial charge >= 0.3 is 0 Å². The van der Waals surface area contributed by atoms with E-state index in [2.05, 4.69) is 49.7 Å². The summed E-state index contributed by atoms with van der Waals surface area (Å²) in [5.41, 5.74) is 7.21. The van der Waals surface area contributed by atoms with Crippen molar-refractivity contribution in [2.24, 2.45) is 0 Å². The van der Waals surface area contributed by atoms with Gasteiger partial charge in [-0.3, -0.25) is 0 Å². The highest BCUT2D eigenvalue weighted by atomic mass is 14.9. The maximum atomic E-state index is 7.30. The molecule has 0 aromatic heterocycles. The summed E-state index contributed by atoms with van der Waals surface area (Å²) in [6.07, 6.45) is 5.25. The molecule has 2 rings (SSSR count). The molecule has 23 heavy (non-hydrogen) atoms.